The summed E-state index contributed by atoms with van der Waals surface area (Å²) in [6.07, 6.45) is 1.41. The van der Waals surface area contributed by atoms with Gasteiger partial charge in [0.15, 0.2) is 0 Å². The molecule has 0 unspecified atom stereocenters. The van der Waals surface area contributed by atoms with Gasteiger partial charge in [0.2, 0.25) is 5.91 Å². The molecule has 1 saturated heterocycles. The first-order valence-electron chi connectivity index (χ1n) is 12.6. The highest BCUT2D eigenvalue weighted by molar-refractivity contribution is 6.35. The Kier molecular flexibility index (Phi) is 6.58. The van der Waals surface area contributed by atoms with E-state index in [9.17, 15) is 14.4 Å². The molecule has 9 heteroatoms. The second-order valence-electron chi connectivity index (χ2n) is 10.4. The summed E-state index contributed by atoms with van der Waals surface area (Å²) in [5, 5.41) is 4.20. The maximum absolute atomic E-state index is 14.1. The lowest BCUT2D eigenvalue weighted by molar-refractivity contribution is -0.136. The molecule has 2 aromatic carbocycles. The van der Waals surface area contributed by atoms with Crippen LogP contribution in [0.2, 0.25) is 5.02 Å². The standard InChI is InChI=1S/C29H28ClN5O3/c1-17(2)13-24(34(4)26(36)18-9-10-19-21(30)11-12-32-23(19)14-18)27(37)35-16-29(15-25(35)31-3)20-7-5-6-8-22(20)33-28(29)38/h5-12,14,17,24-25H,13,15-16H2,1-2,4H3,(H,33,38)/t24-,25-,29-/m0/s1. The van der Waals surface area contributed by atoms with Gasteiger partial charge in [0.05, 0.1) is 17.0 Å². The molecule has 1 fully saturated rings. The molecule has 0 aliphatic carbocycles. The number of anilines is 1. The van der Waals surface area contributed by atoms with Gasteiger partial charge in [0.25, 0.3) is 11.8 Å². The number of nitrogens with one attached hydrogen (secondary N) is 1. The Morgan fingerprint density at radius 2 is 2.03 bits per heavy atom. The number of para-hydroxylation sites is 1. The lowest BCUT2D eigenvalue weighted by Crippen LogP contribution is -2.51. The quantitative estimate of drug-likeness (QED) is 0.483. The molecule has 1 N–H and O–H groups in total. The molecule has 2 aliphatic heterocycles. The van der Waals surface area contributed by atoms with Gasteiger partial charge in [-0.3, -0.25) is 29.1 Å². The van der Waals surface area contributed by atoms with Gasteiger partial charge in [-0.1, -0.05) is 49.7 Å². The smallest absolute Gasteiger partial charge is 0.302 e. The lowest BCUT2D eigenvalue weighted by atomic mass is 9.80. The minimum absolute atomic E-state index is 0.0940. The van der Waals surface area contributed by atoms with E-state index in [1.165, 1.54) is 9.80 Å². The summed E-state index contributed by atoms with van der Waals surface area (Å²) >= 11 is 6.26. The van der Waals surface area contributed by atoms with Crippen molar-refractivity contribution in [3.8, 4) is 0 Å². The molecule has 2 aliphatic rings. The minimum Gasteiger partial charge on any atom is -0.330 e. The van der Waals surface area contributed by atoms with Gasteiger partial charge >= 0.3 is 6.17 Å². The second-order valence-corrected chi connectivity index (χ2v) is 10.9. The van der Waals surface area contributed by atoms with Crippen molar-refractivity contribution >= 4 is 45.9 Å². The predicted molar refractivity (Wildman–Crippen MR) is 146 cm³/mol. The zero-order valence-corrected chi connectivity index (χ0v) is 22.2. The normalized spacial score (nSPS) is 20.9. The van der Waals surface area contributed by atoms with Crippen molar-refractivity contribution in [3.63, 3.8) is 0 Å². The number of carbonyl (C=O) groups is 3. The fourth-order valence-corrected chi connectivity index (χ4v) is 5.83. The van der Waals surface area contributed by atoms with E-state index in [0.29, 0.717) is 28.2 Å². The Morgan fingerprint density at radius 3 is 2.76 bits per heavy atom. The third-order valence-corrected chi connectivity index (χ3v) is 7.92. The number of halogens is 1. The molecule has 194 valence electrons. The van der Waals surface area contributed by atoms with E-state index in [2.05, 4.69) is 15.1 Å². The number of amides is 3. The highest BCUT2D eigenvalue weighted by atomic mass is 35.5. The molecule has 3 aromatic rings. The van der Waals surface area contributed by atoms with Crippen LogP contribution in [0, 0.1) is 12.5 Å². The topological polar surface area (TPSA) is 87.0 Å². The van der Waals surface area contributed by atoms with E-state index in [-0.39, 0.29) is 36.6 Å². The number of aromatic nitrogens is 1. The summed E-state index contributed by atoms with van der Waals surface area (Å²) in [5.74, 6) is -0.749. The van der Waals surface area contributed by atoms with Gasteiger partial charge in [0, 0.05) is 36.4 Å². The average molecular weight is 530 g/mol. The van der Waals surface area contributed by atoms with Crippen molar-refractivity contribution in [2.75, 3.05) is 18.9 Å². The van der Waals surface area contributed by atoms with Crippen LogP contribution in [-0.4, -0.2) is 58.3 Å². The number of likely N-dealkylation sites (N-methyl/N-ethyl adjacent to an activating group) is 1. The van der Waals surface area contributed by atoms with Gasteiger partial charge in [-0.2, -0.15) is 0 Å². The molecule has 3 heterocycles. The molecule has 8 nitrogen and oxygen atoms in total. The van der Waals surface area contributed by atoms with Gasteiger partial charge in [-0.05, 0) is 42.2 Å². The van der Waals surface area contributed by atoms with E-state index in [1.54, 1.807) is 37.5 Å². The second kappa shape index (κ2) is 9.73. The van der Waals surface area contributed by atoms with Crippen LogP contribution in [0.1, 0.15) is 42.6 Å². The average Bonchev–Trinajstić information content (AvgIpc) is 3.44. The van der Waals surface area contributed by atoms with Crippen LogP contribution in [0.25, 0.3) is 15.7 Å². The van der Waals surface area contributed by atoms with Crippen LogP contribution < -0.4 is 5.32 Å². The van der Waals surface area contributed by atoms with Crippen molar-refractivity contribution in [1.29, 1.82) is 0 Å². The first-order chi connectivity index (χ1) is 18.2. The Labute approximate surface area is 226 Å². The summed E-state index contributed by atoms with van der Waals surface area (Å²) in [6, 6.07) is 13.4. The van der Waals surface area contributed by atoms with Crippen molar-refractivity contribution in [2.45, 2.75) is 44.3 Å². The monoisotopic (exact) mass is 529 g/mol. The summed E-state index contributed by atoms with van der Waals surface area (Å²) in [7, 11) is 1.61. The number of carbonyl (C=O) groups excluding carboxylic acids is 3. The lowest BCUT2D eigenvalue weighted by Gasteiger charge is -2.32. The molecule has 0 saturated carbocycles. The number of nitrogens with zero attached hydrogens (tertiary/aromatic N) is 4. The van der Waals surface area contributed by atoms with Crippen molar-refractivity contribution in [1.82, 2.24) is 14.8 Å². The third kappa shape index (κ3) is 4.17. The van der Waals surface area contributed by atoms with E-state index < -0.39 is 17.6 Å². The Morgan fingerprint density at radius 1 is 1.26 bits per heavy atom. The number of fused-ring (bicyclic) bond motifs is 3. The fraction of sp³-hybridized carbons (Fsp3) is 0.345. The Hall–Kier alpha value is -3.96. The SMILES string of the molecule is [C-]#[N+][C@@H]1C[C@@]2(CN1C(=O)[C@H](CC(C)C)N(C)C(=O)c1ccc3c(Cl)ccnc3c1)C(=O)Nc1ccccc12. The van der Waals surface area contributed by atoms with E-state index in [1.807, 2.05) is 38.1 Å². The molecule has 3 atom stereocenters. The first kappa shape index (κ1) is 25.7. The van der Waals surface area contributed by atoms with Crippen molar-refractivity contribution < 1.29 is 14.4 Å². The van der Waals surface area contributed by atoms with Crippen LogP contribution in [0.3, 0.4) is 0 Å². The van der Waals surface area contributed by atoms with Crippen molar-refractivity contribution in [3.05, 3.63) is 82.3 Å². The van der Waals surface area contributed by atoms with E-state index in [0.717, 1.165) is 10.9 Å². The molecule has 0 radical (unpaired) electrons. The van der Waals surface area contributed by atoms with Crippen LogP contribution >= 0.6 is 11.6 Å². The highest BCUT2D eigenvalue weighted by Crippen LogP contribution is 2.47. The number of hydrogen-bond donors (Lipinski definition) is 1. The molecule has 38 heavy (non-hydrogen) atoms. The number of benzene rings is 2. The number of hydrogen-bond acceptors (Lipinski definition) is 4. The van der Waals surface area contributed by atoms with Crippen LogP contribution in [0.15, 0.2) is 54.7 Å². The minimum atomic E-state index is -0.976. The first-order valence-corrected chi connectivity index (χ1v) is 12.9. The van der Waals surface area contributed by atoms with Crippen LogP contribution in [0.5, 0.6) is 0 Å². The zero-order valence-electron chi connectivity index (χ0n) is 21.4. The van der Waals surface area contributed by atoms with Gasteiger partial charge in [-0.15, -0.1) is 0 Å². The predicted octanol–water partition coefficient (Wildman–Crippen LogP) is 4.74. The molecule has 1 aromatic heterocycles. The van der Waals surface area contributed by atoms with E-state index >= 15 is 0 Å². The summed E-state index contributed by atoms with van der Waals surface area (Å²) in [4.78, 5) is 51.8. The number of pyridine rings is 1. The number of likely N-dealkylation sites (tertiary alicyclic amines) is 1. The molecular formula is C29H28ClN5O3. The largest absolute Gasteiger partial charge is 0.330 e. The third-order valence-electron chi connectivity index (χ3n) is 7.59. The molecule has 5 rings (SSSR count). The maximum Gasteiger partial charge on any atom is 0.302 e. The van der Waals surface area contributed by atoms with E-state index in [4.69, 9.17) is 18.2 Å². The summed E-state index contributed by atoms with van der Waals surface area (Å²) < 4.78 is 0. The zero-order chi connectivity index (χ0) is 27.2. The summed E-state index contributed by atoms with van der Waals surface area (Å²) in [5.41, 5.74) is 1.52. The fourth-order valence-electron chi connectivity index (χ4n) is 5.61. The highest BCUT2D eigenvalue weighted by Gasteiger charge is 2.59. The molecule has 3 amide bonds. The van der Waals surface area contributed by atoms with Crippen LogP contribution in [-0.2, 0) is 15.0 Å². The summed E-state index contributed by atoms with van der Waals surface area (Å²) in [6.45, 7) is 11.9. The van der Waals surface area contributed by atoms with Gasteiger partial charge in [-0.25, -0.2) is 6.57 Å². The maximum atomic E-state index is 14.1. The Balaban J connectivity index is 1.46. The van der Waals surface area contributed by atoms with Gasteiger partial charge < -0.3 is 10.2 Å². The van der Waals surface area contributed by atoms with Crippen molar-refractivity contribution in [2.24, 2.45) is 5.92 Å². The Bertz CT molecular complexity index is 1500. The molecular weight excluding hydrogens is 502 g/mol. The van der Waals surface area contributed by atoms with Gasteiger partial charge in [0.1, 0.15) is 11.5 Å². The van der Waals surface area contributed by atoms with Crippen LogP contribution in [0.4, 0.5) is 5.69 Å². The molecule has 1 spiro atoms. The number of rotatable bonds is 5. The molecule has 0 bridgehead atoms.